The second kappa shape index (κ2) is 7.28. The fourth-order valence-corrected chi connectivity index (χ4v) is 4.13. The van der Waals surface area contributed by atoms with Crippen LogP contribution in [0.15, 0.2) is 53.4 Å². The van der Waals surface area contributed by atoms with Crippen LogP contribution in [-0.2, 0) is 4.79 Å². The maximum atomic E-state index is 12.4. The molecular formula is C18H19ClN2OS. The van der Waals surface area contributed by atoms with Gasteiger partial charge in [-0.25, -0.2) is 0 Å². The zero-order chi connectivity index (χ0) is 16.2. The first kappa shape index (κ1) is 16.2. The predicted molar refractivity (Wildman–Crippen MR) is 98.7 cm³/mol. The van der Waals surface area contributed by atoms with Crippen LogP contribution in [0.2, 0.25) is 5.02 Å². The highest BCUT2D eigenvalue weighted by atomic mass is 35.5. The van der Waals surface area contributed by atoms with Gasteiger partial charge in [0.2, 0.25) is 5.91 Å². The minimum absolute atomic E-state index is 0.0242. The summed E-state index contributed by atoms with van der Waals surface area (Å²) < 4.78 is 0. The predicted octanol–water partition coefficient (Wildman–Crippen LogP) is 4.67. The summed E-state index contributed by atoms with van der Waals surface area (Å²) in [5.41, 5.74) is 1.87. The van der Waals surface area contributed by atoms with Crippen molar-refractivity contribution in [2.45, 2.75) is 23.5 Å². The Morgan fingerprint density at radius 3 is 2.91 bits per heavy atom. The first-order chi connectivity index (χ1) is 11.2. The molecule has 0 aromatic heterocycles. The van der Waals surface area contributed by atoms with Crippen molar-refractivity contribution in [3.8, 4) is 0 Å². The van der Waals surface area contributed by atoms with E-state index in [1.165, 1.54) is 4.90 Å². The minimum Gasteiger partial charge on any atom is -0.360 e. The highest BCUT2D eigenvalue weighted by Crippen LogP contribution is 2.39. The quantitative estimate of drug-likeness (QED) is 0.873. The minimum atomic E-state index is -0.0242. The van der Waals surface area contributed by atoms with Gasteiger partial charge in [-0.3, -0.25) is 4.79 Å². The number of hydrogen-bond acceptors (Lipinski definition) is 3. The van der Waals surface area contributed by atoms with Crippen LogP contribution >= 0.6 is 23.4 Å². The van der Waals surface area contributed by atoms with Gasteiger partial charge in [-0.1, -0.05) is 36.7 Å². The fourth-order valence-electron chi connectivity index (χ4n) is 2.68. The Morgan fingerprint density at radius 1 is 1.30 bits per heavy atom. The molecule has 5 heteroatoms. The lowest BCUT2D eigenvalue weighted by atomic mass is 10.2. The van der Waals surface area contributed by atoms with Gasteiger partial charge < -0.3 is 10.2 Å². The molecule has 3 rings (SSSR count). The van der Waals surface area contributed by atoms with Crippen molar-refractivity contribution in [2.24, 2.45) is 0 Å². The molecule has 0 aliphatic carbocycles. The van der Waals surface area contributed by atoms with E-state index in [0.29, 0.717) is 16.8 Å². The van der Waals surface area contributed by atoms with E-state index in [1.807, 2.05) is 36.0 Å². The summed E-state index contributed by atoms with van der Waals surface area (Å²) in [6.45, 7) is 3.43. The Hall–Kier alpha value is -1.65. The number of fused-ring (bicyclic) bond motifs is 1. The number of amides is 1. The second-order valence-electron chi connectivity index (χ2n) is 5.55. The van der Waals surface area contributed by atoms with E-state index in [0.717, 1.165) is 24.3 Å². The highest BCUT2D eigenvalue weighted by molar-refractivity contribution is 8.00. The zero-order valence-corrected chi connectivity index (χ0v) is 14.5. The smallest absolute Gasteiger partial charge is 0.243 e. The molecule has 0 spiro atoms. The topological polar surface area (TPSA) is 32.3 Å². The zero-order valence-electron chi connectivity index (χ0n) is 13.0. The van der Waals surface area contributed by atoms with Gasteiger partial charge in [0.05, 0.1) is 12.2 Å². The Kier molecular flexibility index (Phi) is 5.13. The summed E-state index contributed by atoms with van der Waals surface area (Å²) in [5.74, 6) is -0.0242. The maximum Gasteiger partial charge on any atom is 0.243 e. The van der Waals surface area contributed by atoms with Crippen LogP contribution in [0.5, 0.6) is 0 Å². The Balaban J connectivity index is 1.72. The van der Waals surface area contributed by atoms with Crippen molar-refractivity contribution in [1.82, 2.24) is 0 Å². The molecule has 1 amide bonds. The van der Waals surface area contributed by atoms with Gasteiger partial charge in [0.15, 0.2) is 0 Å². The van der Waals surface area contributed by atoms with Gasteiger partial charge in [-0.2, -0.15) is 0 Å². The largest absolute Gasteiger partial charge is 0.360 e. The van der Waals surface area contributed by atoms with Gasteiger partial charge in [0.25, 0.3) is 0 Å². The molecule has 0 bridgehead atoms. The number of nitrogens with zero attached hydrogens (tertiary/aromatic N) is 1. The van der Waals surface area contributed by atoms with Crippen LogP contribution in [-0.4, -0.2) is 24.2 Å². The Bertz CT molecular complexity index is 707. The number of para-hydroxylation sites is 1. The van der Waals surface area contributed by atoms with Crippen molar-refractivity contribution in [2.75, 3.05) is 23.3 Å². The van der Waals surface area contributed by atoms with Crippen molar-refractivity contribution >= 4 is 40.6 Å². The van der Waals surface area contributed by atoms with Crippen molar-refractivity contribution in [1.29, 1.82) is 0 Å². The van der Waals surface area contributed by atoms with Gasteiger partial charge in [0.1, 0.15) is 0 Å². The summed E-state index contributed by atoms with van der Waals surface area (Å²) in [6, 6.07) is 15.5. The number of carbonyl (C=O) groups excluding carboxylic acids is 1. The molecule has 23 heavy (non-hydrogen) atoms. The molecule has 3 nitrogen and oxygen atoms in total. The van der Waals surface area contributed by atoms with Gasteiger partial charge in [-0.05, 0) is 36.8 Å². The number of anilines is 2. The molecule has 2 aromatic carbocycles. The van der Waals surface area contributed by atoms with E-state index in [9.17, 15) is 4.79 Å². The number of thioether (sulfide) groups is 1. The number of halogens is 1. The molecule has 1 N–H and O–H groups in total. The highest BCUT2D eigenvalue weighted by Gasteiger charge is 2.25. The van der Waals surface area contributed by atoms with Gasteiger partial charge in [0, 0.05) is 27.4 Å². The molecule has 1 aliphatic heterocycles. The SMILES string of the molecule is CC[C@H]1CN(CC(=O)Nc2cccc(Cl)c2)c2ccccc2S1. The standard InChI is InChI=1S/C18H19ClN2OS/c1-2-15-11-21(16-8-3-4-9-17(16)23-15)12-18(22)20-14-7-5-6-13(19)10-14/h3-10,15H,2,11-12H2,1H3,(H,20,22)/t15-/m0/s1. The third kappa shape index (κ3) is 4.01. The molecule has 1 atom stereocenters. The number of rotatable bonds is 4. The first-order valence-corrected chi connectivity index (χ1v) is 8.97. The second-order valence-corrected chi connectivity index (χ2v) is 7.33. The fraction of sp³-hybridized carbons (Fsp3) is 0.278. The van der Waals surface area contributed by atoms with E-state index >= 15 is 0 Å². The first-order valence-electron chi connectivity index (χ1n) is 7.71. The lowest BCUT2D eigenvalue weighted by Crippen LogP contribution is -2.40. The van der Waals surface area contributed by atoms with E-state index in [1.54, 1.807) is 12.1 Å². The van der Waals surface area contributed by atoms with E-state index in [2.05, 4.69) is 29.3 Å². The van der Waals surface area contributed by atoms with Crippen molar-refractivity contribution in [3.05, 3.63) is 53.6 Å². The van der Waals surface area contributed by atoms with Crippen LogP contribution in [0.25, 0.3) is 0 Å². The third-order valence-corrected chi connectivity index (χ3v) is 5.47. The van der Waals surface area contributed by atoms with Crippen LogP contribution in [0.1, 0.15) is 13.3 Å². The lowest BCUT2D eigenvalue weighted by molar-refractivity contribution is -0.115. The van der Waals surface area contributed by atoms with E-state index in [-0.39, 0.29) is 5.91 Å². The molecule has 120 valence electrons. The summed E-state index contributed by atoms with van der Waals surface area (Å²) in [4.78, 5) is 15.8. The van der Waals surface area contributed by atoms with Gasteiger partial charge in [-0.15, -0.1) is 11.8 Å². The summed E-state index contributed by atoms with van der Waals surface area (Å²) in [7, 11) is 0. The molecule has 0 unspecified atom stereocenters. The molecule has 2 aromatic rings. The average Bonchev–Trinajstić information content (AvgIpc) is 2.54. The Morgan fingerprint density at radius 2 is 2.13 bits per heavy atom. The molecule has 0 saturated carbocycles. The van der Waals surface area contributed by atoms with Crippen LogP contribution in [0.3, 0.4) is 0 Å². The molecule has 0 saturated heterocycles. The van der Waals surface area contributed by atoms with Crippen molar-refractivity contribution in [3.63, 3.8) is 0 Å². The summed E-state index contributed by atoms with van der Waals surface area (Å²) in [6.07, 6.45) is 1.09. The molecular weight excluding hydrogens is 328 g/mol. The van der Waals surface area contributed by atoms with Gasteiger partial charge >= 0.3 is 0 Å². The Labute approximate surface area is 146 Å². The molecule has 1 aliphatic rings. The van der Waals surface area contributed by atoms with E-state index < -0.39 is 0 Å². The van der Waals surface area contributed by atoms with Crippen LogP contribution in [0, 0.1) is 0 Å². The number of benzene rings is 2. The van der Waals surface area contributed by atoms with Crippen LogP contribution in [0.4, 0.5) is 11.4 Å². The molecule has 0 radical (unpaired) electrons. The van der Waals surface area contributed by atoms with Crippen LogP contribution < -0.4 is 10.2 Å². The van der Waals surface area contributed by atoms with E-state index in [4.69, 9.17) is 11.6 Å². The number of hydrogen-bond donors (Lipinski definition) is 1. The maximum absolute atomic E-state index is 12.4. The molecule has 0 fully saturated rings. The summed E-state index contributed by atoms with van der Waals surface area (Å²) in [5, 5.41) is 4.06. The number of carbonyl (C=O) groups is 1. The number of nitrogens with one attached hydrogen (secondary N) is 1. The summed E-state index contributed by atoms with van der Waals surface area (Å²) >= 11 is 7.86. The normalized spacial score (nSPS) is 16.8. The molecule has 1 heterocycles. The monoisotopic (exact) mass is 346 g/mol. The lowest BCUT2D eigenvalue weighted by Gasteiger charge is -2.34. The van der Waals surface area contributed by atoms with Crippen molar-refractivity contribution < 1.29 is 4.79 Å². The average molecular weight is 347 g/mol. The third-order valence-electron chi connectivity index (χ3n) is 3.82.